The summed E-state index contributed by atoms with van der Waals surface area (Å²) >= 11 is 3.28. The molecule has 0 aliphatic rings. The molecule has 8 heteroatoms. The highest BCUT2D eigenvalue weighted by Crippen LogP contribution is 2.29. The largest absolute Gasteiger partial charge is 0.416 e. The molecular formula is C13H12BrF3N4. The molecule has 21 heavy (non-hydrogen) atoms. The predicted octanol–water partition coefficient (Wildman–Crippen LogP) is 3.91. The first-order valence-electron chi connectivity index (χ1n) is 6.00. The van der Waals surface area contributed by atoms with Gasteiger partial charge < -0.3 is 10.6 Å². The molecule has 0 fully saturated rings. The van der Waals surface area contributed by atoms with Crippen molar-refractivity contribution in [3.05, 3.63) is 46.1 Å². The highest BCUT2D eigenvalue weighted by molar-refractivity contribution is 9.10. The molecule has 0 radical (unpaired) electrons. The van der Waals surface area contributed by atoms with E-state index in [1.165, 1.54) is 6.07 Å². The Balaban J connectivity index is 2.13. The summed E-state index contributed by atoms with van der Waals surface area (Å²) < 4.78 is 38.5. The van der Waals surface area contributed by atoms with Gasteiger partial charge in [-0.3, -0.25) is 0 Å². The molecule has 4 nitrogen and oxygen atoms in total. The van der Waals surface area contributed by atoms with Crippen molar-refractivity contribution in [2.24, 2.45) is 0 Å². The van der Waals surface area contributed by atoms with Gasteiger partial charge in [-0.2, -0.15) is 18.2 Å². The monoisotopic (exact) mass is 360 g/mol. The number of aromatic nitrogens is 2. The minimum absolute atomic E-state index is 0.225. The molecule has 112 valence electrons. The van der Waals surface area contributed by atoms with Crippen LogP contribution in [-0.2, 0) is 12.7 Å². The number of nitrogens with zero attached hydrogens (tertiary/aromatic N) is 2. The highest BCUT2D eigenvalue weighted by atomic mass is 79.9. The maximum absolute atomic E-state index is 12.6. The van der Waals surface area contributed by atoms with Crippen LogP contribution in [0.15, 0.2) is 34.9 Å². The minimum Gasteiger partial charge on any atom is -0.365 e. The van der Waals surface area contributed by atoms with Crippen LogP contribution in [0.2, 0.25) is 0 Å². The fraction of sp³-hybridized carbons (Fsp3) is 0.231. The van der Waals surface area contributed by atoms with E-state index >= 15 is 0 Å². The first kappa shape index (κ1) is 15.6. The molecule has 2 aromatic rings. The average molecular weight is 361 g/mol. The Kier molecular flexibility index (Phi) is 4.66. The van der Waals surface area contributed by atoms with Crippen molar-refractivity contribution in [3.8, 4) is 0 Å². The van der Waals surface area contributed by atoms with Crippen LogP contribution in [0.4, 0.5) is 24.9 Å². The summed E-state index contributed by atoms with van der Waals surface area (Å²) in [6, 6.07) is 5.16. The number of hydrogen-bond acceptors (Lipinski definition) is 4. The van der Waals surface area contributed by atoms with Crippen LogP contribution in [0, 0.1) is 0 Å². The molecule has 0 saturated carbocycles. The van der Waals surface area contributed by atoms with Gasteiger partial charge in [0.15, 0.2) is 0 Å². The SMILES string of the molecule is CNc1ncc(Br)c(NCc2cccc(C(F)(F)F)c2)n1. The lowest BCUT2D eigenvalue weighted by atomic mass is 10.1. The van der Waals surface area contributed by atoms with Crippen molar-refractivity contribution < 1.29 is 13.2 Å². The Hall–Kier alpha value is -1.83. The molecule has 0 saturated heterocycles. The van der Waals surface area contributed by atoms with Gasteiger partial charge in [0.05, 0.1) is 10.0 Å². The minimum atomic E-state index is -4.34. The standard InChI is InChI=1S/C13H12BrF3N4/c1-18-12-20-7-10(14)11(21-12)19-6-8-3-2-4-9(5-8)13(15,16)17/h2-5,7H,6H2,1H3,(H2,18,19,20,21). The third-order valence-corrected chi connectivity index (χ3v) is 3.26. The van der Waals surface area contributed by atoms with Crippen LogP contribution in [-0.4, -0.2) is 17.0 Å². The highest BCUT2D eigenvalue weighted by Gasteiger charge is 2.30. The molecule has 0 unspecified atom stereocenters. The van der Waals surface area contributed by atoms with Crippen LogP contribution in [0.1, 0.15) is 11.1 Å². The molecule has 0 aliphatic carbocycles. The van der Waals surface area contributed by atoms with Crippen LogP contribution in [0.25, 0.3) is 0 Å². The van der Waals surface area contributed by atoms with Crippen molar-refractivity contribution in [2.75, 3.05) is 17.7 Å². The van der Waals surface area contributed by atoms with Crippen molar-refractivity contribution in [1.82, 2.24) is 9.97 Å². The summed E-state index contributed by atoms with van der Waals surface area (Å²) in [5.74, 6) is 0.927. The molecule has 2 N–H and O–H groups in total. The van der Waals surface area contributed by atoms with Gasteiger partial charge in [0.25, 0.3) is 0 Å². The van der Waals surface area contributed by atoms with Gasteiger partial charge in [0, 0.05) is 19.8 Å². The normalized spacial score (nSPS) is 11.3. The lowest BCUT2D eigenvalue weighted by molar-refractivity contribution is -0.137. The van der Waals surface area contributed by atoms with Crippen LogP contribution in [0.3, 0.4) is 0 Å². The summed E-state index contributed by atoms with van der Waals surface area (Å²) in [4.78, 5) is 8.18. The van der Waals surface area contributed by atoms with Crippen LogP contribution in [0.5, 0.6) is 0 Å². The average Bonchev–Trinajstić information content (AvgIpc) is 2.46. The second kappa shape index (κ2) is 6.30. The van der Waals surface area contributed by atoms with Gasteiger partial charge >= 0.3 is 6.18 Å². The third kappa shape index (κ3) is 4.07. The Labute approximate surface area is 127 Å². The Morgan fingerprint density at radius 3 is 2.71 bits per heavy atom. The molecule has 0 amide bonds. The zero-order valence-corrected chi connectivity index (χ0v) is 12.6. The fourth-order valence-electron chi connectivity index (χ4n) is 1.65. The summed E-state index contributed by atoms with van der Waals surface area (Å²) in [7, 11) is 1.68. The number of benzene rings is 1. The zero-order chi connectivity index (χ0) is 15.5. The molecule has 1 heterocycles. The predicted molar refractivity (Wildman–Crippen MR) is 78.0 cm³/mol. The number of alkyl halides is 3. The van der Waals surface area contributed by atoms with E-state index < -0.39 is 11.7 Å². The fourth-order valence-corrected chi connectivity index (χ4v) is 1.99. The Morgan fingerprint density at radius 1 is 1.29 bits per heavy atom. The molecule has 0 spiro atoms. The summed E-state index contributed by atoms with van der Waals surface area (Å²) in [6.07, 6.45) is -2.78. The van der Waals surface area contributed by atoms with E-state index in [-0.39, 0.29) is 6.54 Å². The lowest BCUT2D eigenvalue weighted by Gasteiger charge is -2.11. The van der Waals surface area contributed by atoms with Gasteiger partial charge in [-0.05, 0) is 33.6 Å². The zero-order valence-electron chi connectivity index (χ0n) is 11.0. The van der Waals surface area contributed by atoms with Gasteiger partial charge in [0.1, 0.15) is 5.82 Å². The van der Waals surface area contributed by atoms with E-state index in [4.69, 9.17) is 0 Å². The Bertz CT molecular complexity index is 631. The molecule has 0 bridgehead atoms. The van der Waals surface area contributed by atoms with E-state index in [0.717, 1.165) is 12.1 Å². The summed E-state index contributed by atoms with van der Waals surface area (Å²) in [6.45, 7) is 0.225. The molecule has 0 aliphatic heterocycles. The van der Waals surface area contributed by atoms with E-state index in [1.54, 1.807) is 19.3 Å². The van der Waals surface area contributed by atoms with Crippen LogP contribution >= 0.6 is 15.9 Å². The van der Waals surface area contributed by atoms with E-state index in [2.05, 4.69) is 36.5 Å². The summed E-state index contributed by atoms with van der Waals surface area (Å²) in [5, 5.41) is 5.77. The number of nitrogens with one attached hydrogen (secondary N) is 2. The maximum atomic E-state index is 12.6. The molecule has 1 aromatic carbocycles. The topological polar surface area (TPSA) is 49.8 Å². The number of hydrogen-bond donors (Lipinski definition) is 2. The molecular weight excluding hydrogens is 349 g/mol. The Morgan fingerprint density at radius 2 is 2.05 bits per heavy atom. The van der Waals surface area contributed by atoms with E-state index in [1.807, 2.05) is 0 Å². The van der Waals surface area contributed by atoms with Gasteiger partial charge in [-0.1, -0.05) is 12.1 Å². The van der Waals surface area contributed by atoms with Gasteiger partial charge in [-0.25, -0.2) is 4.98 Å². The van der Waals surface area contributed by atoms with Gasteiger partial charge in [-0.15, -0.1) is 0 Å². The quantitative estimate of drug-likeness (QED) is 0.867. The third-order valence-electron chi connectivity index (χ3n) is 2.68. The second-order valence-electron chi connectivity index (χ2n) is 4.19. The smallest absolute Gasteiger partial charge is 0.365 e. The molecule has 0 atom stereocenters. The molecule has 1 aromatic heterocycles. The lowest BCUT2D eigenvalue weighted by Crippen LogP contribution is -2.08. The van der Waals surface area contributed by atoms with Gasteiger partial charge in [0.2, 0.25) is 5.95 Å². The first-order valence-corrected chi connectivity index (χ1v) is 6.80. The molecule has 2 rings (SSSR count). The van der Waals surface area contributed by atoms with E-state index in [0.29, 0.717) is 21.8 Å². The summed E-state index contributed by atoms with van der Waals surface area (Å²) in [5.41, 5.74) is -0.152. The number of anilines is 2. The first-order chi connectivity index (χ1) is 9.90. The number of rotatable bonds is 4. The number of halogens is 4. The van der Waals surface area contributed by atoms with E-state index in [9.17, 15) is 13.2 Å². The second-order valence-corrected chi connectivity index (χ2v) is 5.05. The van der Waals surface area contributed by atoms with Crippen LogP contribution < -0.4 is 10.6 Å². The van der Waals surface area contributed by atoms with Crippen molar-refractivity contribution >= 4 is 27.7 Å². The van der Waals surface area contributed by atoms with Crippen molar-refractivity contribution in [3.63, 3.8) is 0 Å². The van der Waals surface area contributed by atoms with Crippen molar-refractivity contribution in [1.29, 1.82) is 0 Å². The van der Waals surface area contributed by atoms with Crippen molar-refractivity contribution in [2.45, 2.75) is 12.7 Å². The maximum Gasteiger partial charge on any atom is 0.416 e.